The van der Waals surface area contributed by atoms with Crippen LogP contribution in [0.25, 0.3) is 122 Å². The van der Waals surface area contributed by atoms with Crippen molar-refractivity contribution in [2.75, 3.05) is 0 Å². The fraction of sp³-hybridized carbons (Fsp3) is 0. The molecular weight excluding hydrogens is 703 g/mol. The molecule has 266 valence electrons. The quantitative estimate of drug-likeness (QED) is 0.175. The monoisotopic (exact) mass is 731 g/mol. The first-order valence-electron chi connectivity index (χ1n) is 18.9. The van der Waals surface area contributed by atoms with Crippen LogP contribution >= 0.6 is 0 Å². The molecule has 0 bridgehead atoms. The molecule has 0 unspecified atom stereocenters. The van der Waals surface area contributed by atoms with Gasteiger partial charge in [0.15, 0.2) is 17.5 Å². The lowest BCUT2D eigenvalue weighted by molar-refractivity contribution is 0.668. The van der Waals surface area contributed by atoms with Crippen LogP contribution in [0.2, 0.25) is 0 Å². The lowest BCUT2D eigenvalue weighted by Crippen LogP contribution is -2.00. The van der Waals surface area contributed by atoms with Crippen molar-refractivity contribution in [2.45, 2.75) is 0 Å². The molecule has 4 aromatic heterocycles. The number of furan rings is 3. The highest BCUT2D eigenvalue weighted by Crippen LogP contribution is 2.42. The first-order chi connectivity index (χ1) is 28.2. The SMILES string of the molecule is c1ccc(-c2nc(-c3ccc4c(c3)oc3ccccc34)nc(-c3ccc4c(c3)oc3c(-c5ccccc5-c5ccc6oc7ccccc7c6c5)cccc34)n2)cc1. The van der Waals surface area contributed by atoms with Crippen molar-refractivity contribution in [3.63, 3.8) is 0 Å². The maximum absolute atomic E-state index is 6.81. The van der Waals surface area contributed by atoms with Gasteiger partial charge in [-0.1, -0.05) is 127 Å². The summed E-state index contributed by atoms with van der Waals surface area (Å²) in [6, 6.07) is 59.9. The average Bonchev–Trinajstić information content (AvgIpc) is 3.97. The van der Waals surface area contributed by atoms with Gasteiger partial charge in [-0.3, -0.25) is 0 Å². The van der Waals surface area contributed by atoms with Crippen molar-refractivity contribution >= 4 is 65.8 Å². The Bertz CT molecular complexity index is 3540. The zero-order valence-electron chi connectivity index (χ0n) is 30.3. The van der Waals surface area contributed by atoms with Gasteiger partial charge < -0.3 is 13.3 Å². The standard InChI is InChI=1S/C51H29N3O3/c1-2-11-30(12-3-1)49-52-50(32-21-24-38-36-15-6-8-19-43(36)56-46(38)28-32)54-51(53-49)33-22-25-39-41-18-10-17-40(48(41)57-47(39)29-33)35-14-5-4-13-34(35)31-23-26-45-42(27-31)37-16-7-9-20-44(37)55-45/h1-29H. The Kier molecular flexibility index (Phi) is 6.83. The zero-order chi connectivity index (χ0) is 37.5. The zero-order valence-corrected chi connectivity index (χ0v) is 30.3. The third-order valence-electron chi connectivity index (χ3n) is 11.0. The molecule has 0 fully saturated rings. The number of para-hydroxylation sites is 3. The molecule has 8 aromatic carbocycles. The highest BCUT2D eigenvalue weighted by molar-refractivity contribution is 6.12. The molecule has 4 heterocycles. The Morgan fingerprint density at radius 2 is 0.754 bits per heavy atom. The molecule has 0 N–H and O–H groups in total. The van der Waals surface area contributed by atoms with Gasteiger partial charge in [-0.25, -0.2) is 15.0 Å². The van der Waals surface area contributed by atoms with Gasteiger partial charge in [0.1, 0.15) is 33.5 Å². The fourth-order valence-corrected chi connectivity index (χ4v) is 8.23. The minimum Gasteiger partial charge on any atom is -0.456 e. The molecule has 0 spiro atoms. The van der Waals surface area contributed by atoms with Crippen molar-refractivity contribution in [3.8, 4) is 56.4 Å². The van der Waals surface area contributed by atoms with Crippen LogP contribution in [-0.4, -0.2) is 15.0 Å². The molecule has 0 amide bonds. The molecule has 57 heavy (non-hydrogen) atoms. The van der Waals surface area contributed by atoms with E-state index in [4.69, 9.17) is 28.2 Å². The number of aromatic nitrogens is 3. The smallest absolute Gasteiger partial charge is 0.164 e. The van der Waals surface area contributed by atoms with E-state index in [1.165, 1.54) is 0 Å². The lowest BCUT2D eigenvalue weighted by Gasteiger charge is -2.11. The van der Waals surface area contributed by atoms with Crippen LogP contribution in [0.3, 0.4) is 0 Å². The third kappa shape index (κ3) is 5.08. The summed E-state index contributed by atoms with van der Waals surface area (Å²) < 4.78 is 19.2. The highest BCUT2D eigenvalue weighted by Gasteiger charge is 2.19. The molecule has 0 aliphatic heterocycles. The van der Waals surface area contributed by atoms with Crippen LogP contribution < -0.4 is 0 Å². The van der Waals surface area contributed by atoms with E-state index >= 15 is 0 Å². The second-order valence-electron chi connectivity index (χ2n) is 14.3. The number of benzene rings is 8. The predicted octanol–water partition coefficient (Wildman–Crippen LogP) is 13.9. The first-order valence-corrected chi connectivity index (χ1v) is 18.9. The maximum Gasteiger partial charge on any atom is 0.164 e. The summed E-state index contributed by atoms with van der Waals surface area (Å²) in [4.78, 5) is 15.0. The Morgan fingerprint density at radius 3 is 1.49 bits per heavy atom. The molecular formula is C51H29N3O3. The summed E-state index contributed by atoms with van der Waals surface area (Å²) >= 11 is 0. The van der Waals surface area contributed by atoms with Gasteiger partial charge in [0.2, 0.25) is 0 Å². The summed E-state index contributed by atoms with van der Waals surface area (Å²) in [6.45, 7) is 0. The van der Waals surface area contributed by atoms with Gasteiger partial charge in [-0.15, -0.1) is 0 Å². The summed E-state index contributed by atoms with van der Waals surface area (Å²) in [6.07, 6.45) is 0. The van der Waals surface area contributed by atoms with Gasteiger partial charge in [0, 0.05) is 54.6 Å². The van der Waals surface area contributed by atoms with E-state index in [-0.39, 0.29) is 0 Å². The van der Waals surface area contributed by atoms with Crippen LogP contribution in [0.4, 0.5) is 0 Å². The van der Waals surface area contributed by atoms with Crippen molar-refractivity contribution in [1.82, 2.24) is 15.0 Å². The van der Waals surface area contributed by atoms with E-state index in [2.05, 4.69) is 103 Å². The molecule has 12 aromatic rings. The average molecular weight is 732 g/mol. The Labute approximate surface area is 325 Å². The fourth-order valence-electron chi connectivity index (χ4n) is 8.23. The van der Waals surface area contributed by atoms with Crippen molar-refractivity contribution in [2.24, 2.45) is 0 Å². The number of hydrogen-bond donors (Lipinski definition) is 0. The highest BCUT2D eigenvalue weighted by atomic mass is 16.3. The number of nitrogens with zero attached hydrogens (tertiary/aromatic N) is 3. The second kappa shape index (κ2) is 12.3. The summed E-state index contributed by atoms with van der Waals surface area (Å²) in [7, 11) is 0. The summed E-state index contributed by atoms with van der Waals surface area (Å²) in [5, 5.41) is 6.40. The topological polar surface area (TPSA) is 78.1 Å². The molecule has 0 aliphatic rings. The Morgan fingerprint density at radius 1 is 0.263 bits per heavy atom. The van der Waals surface area contributed by atoms with E-state index in [0.717, 1.165) is 105 Å². The molecule has 6 nitrogen and oxygen atoms in total. The van der Waals surface area contributed by atoms with Gasteiger partial charge in [-0.05, 0) is 65.2 Å². The minimum absolute atomic E-state index is 0.554. The molecule has 6 heteroatoms. The molecule has 0 saturated carbocycles. The lowest BCUT2D eigenvalue weighted by atomic mass is 9.93. The van der Waals surface area contributed by atoms with E-state index < -0.39 is 0 Å². The van der Waals surface area contributed by atoms with Gasteiger partial charge in [-0.2, -0.15) is 0 Å². The first kappa shape index (κ1) is 31.5. The largest absolute Gasteiger partial charge is 0.456 e. The van der Waals surface area contributed by atoms with E-state index in [0.29, 0.717) is 17.5 Å². The Hall–Kier alpha value is -7.83. The third-order valence-corrected chi connectivity index (χ3v) is 11.0. The van der Waals surface area contributed by atoms with E-state index in [1.54, 1.807) is 0 Å². The summed E-state index contributed by atoms with van der Waals surface area (Å²) in [5.41, 5.74) is 11.9. The van der Waals surface area contributed by atoms with Crippen LogP contribution in [0, 0.1) is 0 Å². The van der Waals surface area contributed by atoms with Crippen molar-refractivity contribution in [1.29, 1.82) is 0 Å². The Balaban J connectivity index is 0.990. The van der Waals surface area contributed by atoms with Gasteiger partial charge >= 0.3 is 0 Å². The molecule has 0 saturated heterocycles. The van der Waals surface area contributed by atoms with Crippen LogP contribution in [0.5, 0.6) is 0 Å². The normalized spacial score (nSPS) is 11.9. The van der Waals surface area contributed by atoms with Crippen molar-refractivity contribution < 1.29 is 13.3 Å². The minimum atomic E-state index is 0.554. The van der Waals surface area contributed by atoms with E-state index in [9.17, 15) is 0 Å². The molecule has 0 radical (unpaired) electrons. The second-order valence-corrected chi connectivity index (χ2v) is 14.3. The van der Waals surface area contributed by atoms with Crippen LogP contribution in [-0.2, 0) is 0 Å². The number of fused-ring (bicyclic) bond motifs is 9. The molecule has 0 aliphatic carbocycles. The summed E-state index contributed by atoms with van der Waals surface area (Å²) in [5.74, 6) is 1.70. The molecule has 0 atom stereocenters. The van der Waals surface area contributed by atoms with Crippen LogP contribution in [0.15, 0.2) is 189 Å². The van der Waals surface area contributed by atoms with Gasteiger partial charge in [0.05, 0.1) is 0 Å². The van der Waals surface area contributed by atoms with E-state index in [1.807, 2.05) is 72.8 Å². The predicted molar refractivity (Wildman–Crippen MR) is 229 cm³/mol. The van der Waals surface area contributed by atoms with Crippen LogP contribution in [0.1, 0.15) is 0 Å². The maximum atomic E-state index is 6.81. The van der Waals surface area contributed by atoms with Crippen molar-refractivity contribution in [3.05, 3.63) is 176 Å². The molecule has 12 rings (SSSR count). The van der Waals surface area contributed by atoms with Gasteiger partial charge in [0.25, 0.3) is 0 Å². The number of rotatable bonds is 5. The number of hydrogen-bond acceptors (Lipinski definition) is 6.